The van der Waals surface area contributed by atoms with Crippen molar-refractivity contribution in [1.82, 2.24) is 10.2 Å². The van der Waals surface area contributed by atoms with Gasteiger partial charge in [-0.15, -0.1) is 0 Å². The van der Waals surface area contributed by atoms with Crippen molar-refractivity contribution in [1.29, 1.82) is 0 Å². The maximum Gasteiger partial charge on any atom is 0.408 e. The fourth-order valence-electron chi connectivity index (χ4n) is 3.46. The number of imide groups is 1. The zero-order valence-electron chi connectivity index (χ0n) is 19.4. The number of benzene rings is 2. The van der Waals surface area contributed by atoms with Gasteiger partial charge in [-0.25, -0.2) is 9.59 Å². The topological polar surface area (TPSA) is 122 Å². The first-order valence-corrected chi connectivity index (χ1v) is 10.9. The molecule has 2 aromatic rings. The van der Waals surface area contributed by atoms with Crippen LogP contribution in [0.5, 0.6) is 5.75 Å². The molecule has 0 bridgehead atoms. The van der Waals surface area contributed by atoms with Gasteiger partial charge in [0.1, 0.15) is 17.4 Å². The van der Waals surface area contributed by atoms with Crippen LogP contribution in [0.25, 0.3) is 0 Å². The number of ether oxygens (including phenoxy) is 2. The van der Waals surface area contributed by atoms with E-state index in [9.17, 15) is 24.3 Å². The molecule has 3 amide bonds. The molecule has 9 nitrogen and oxygen atoms in total. The molecular formula is C25H28N2O7. The van der Waals surface area contributed by atoms with E-state index in [4.69, 9.17) is 9.47 Å². The van der Waals surface area contributed by atoms with Gasteiger partial charge in [0.2, 0.25) is 0 Å². The quantitative estimate of drug-likeness (QED) is 0.428. The van der Waals surface area contributed by atoms with E-state index in [1.165, 1.54) is 4.90 Å². The van der Waals surface area contributed by atoms with E-state index in [2.05, 4.69) is 5.32 Å². The number of carbonyl (C=O) groups excluding carboxylic acids is 3. The van der Waals surface area contributed by atoms with Gasteiger partial charge >= 0.3 is 12.1 Å². The predicted octanol–water partition coefficient (Wildman–Crippen LogP) is 3.27. The molecule has 0 aromatic heterocycles. The predicted molar refractivity (Wildman–Crippen MR) is 123 cm³/mol. The first-order valence-electron chi connectivity index (χ1n) is 10.9. The van der Waals surface area contributed by atoms with E-state index >= 15 is 0 Å². The molecule has 9 heteroatoms. The van der Waals surface area contributed by atoms with Gasteiger partial charge in [0.25, 0.3) is 11.8 Å². The highest BCUT2D eigenvalue weighted by Gasteiger charge is 2.34. The van der Waals surface area contributed by atoms with E-state index < -0.39 is 23.7 Å². The molecule has 0 saturated heterocycles. The Labute approximate surface area is 197 Å². The Morgan fingerprint density at radius 1 is 1.00 bits per heavy atom. The summed E-state index contributed by atoms with van der Waals surface area (Å²) < 4.78 is 10.8. The van der Waals surface area contributed by atoms with Crippen molar-refractivity contribution in [2.45, 2.75) is 45.3 Å². The number of carboxylic acids is 1. The lowest BCUT2D eigenvalue weighted by atomic mass is 10.1. The van der Waals surface area contributed by atoms with Gasteiger partial charge in [0.05, 0.1) is 17.7 Å². The molecule has 1 heterocycles. The van der Waals surface area contributed by atoms with Crippen molar-refractivity contribution in [2.75, 3.05) is 13.2 Å². The molecule has 34 heavy (non-hydrogen) atoms. The Morgan fingerprint density at radius 2 is 1.59 bits per heavy atom. The minimum absolute atomic E-state index is 0.0780. The minimum atomic E-state index is -1.17. The summed E-state index contributed by atoms with van der Waals surface area (Å²) in [5, 5.41) is 11.8. The number of hydrogen-bond donors (Lipinski definition) is 2. The van der Waals surface area contributed by atoms with E-state index in [1.54, 1.807) is 69.3 Å². The molecule has 0 fully saturated rings. The Balaban J connectivity index is 1.46. The fourth-order valence-corrected chi connectivity index (χ4v) is 3.46. The molecule has 1 aliphatic rings. The summed E-state index contributed by atoms with van der Waals surface area (Å²) in [6.07, 6.45) is -0.249. The molecule has 0 saturated carbocycles. The van der Waals surface area contributed by atoms with Crippen LogP contribution in [0, 0.1) is 0 Å². The third-order valence-corrected chi connectivity index (χ3v) is 5.03. The Kier molecular flexibility index (Phi) is 7.55. The number of aliphatic carboxylic acids is 1. The van der Waals surface area contributed by atoms with Gasteiger partial charge in [-0.3, -0.25) is 14.5 Å². The number of nitrogens with zero attached hydrogens (tertiary/aromatic N) is 1. The number of rotatable bonds is 9. The van der Waals surface area contributed by atoms with Crippen LogP contribution in [0.15, 0.2) is 48.5 Å². The molecule has 3 rings (SSSR count). The third kappa shape index (κ3) is 6.34. The van der Waals surface area contributed by atoms with Crippen LogP contribution in [0.2, 0.25) is 0 Å². The monoisotopic (exact) mass is 468 g/mol. The SMILES string of the molecule is CC(C)(C)OC(=O)NC(Cc1ccc(OCCCN2C(=O)c3ccccc3C2=O)cc1)C(=O)O. The molecule has 0 radical (unpaired) electrons. The van der Waals surface area contributed by atoms with E-state index in [0.717, 1.165) is 0 Å². The summed E-state index contributed by atoms with van der Waals surface area (Å²) in [6.45, 7) is 5.63. The number of amides is 3. The molecule has 1 unspecified atom stereocenters. The Morgan fingerprint density at radius 3 is 2.12 bits per heavy atom. The highest BCUT2D eigenvalue weighted by Crippen LogP contribution is 2.22. The van der Waals surface area contributed by atoms with Crippen molar-refractivity contribution in [3.63, 3.8) is 0 Å². The maximum absolute atomic E-state index is 12.4. The Bertz CT molecular complexity index is 1040. The smallest absolute Gasteiger partial charge is 0.408 e. The first-order chi connectivity index (χ1) is 16.0. The van der Waals surface area contributed by atoms with E-state index in [-0.39, 0.29) is 24.8 Å². The van der Waals surface area contributed by atoms with Crippen molar-refractivity contribution >= 4 is 23.9 Å². The summed E-state index contributed by atoms with van der Waals surface area (Å²) in [4.78, 5) is 49.4. The largest absolute Gasteiger partial charge is 0.494 e. The molecule has 1 aliphatic heterocycles. The molecule has 2 aromatic carbocycles. The van der Waals surface area contributed by atoms with Gasteiger partial charge in [0.15, 0.2) is 0 Å². The number of nitrogens with one attached hydrogen (secondary N) is 1. The summed E-state index contributed by atoms with van der Waals surface area (Å²) in [6, 6.07) is 12.4. The van der Waals surface area contributed by atoms with Crippen LogP contribution in [0.1, 0.15) is 53.5 Å². The van der Waals surface area contributed by atoms with Gasteiger partial charge in [-0.2, -0.15) is 0 Å². The minimum Gasteiger partial charge on any atom is -0.494 e. The standard InChI is InChI=1S/C25H28N2O7/c1-25(2,3)34-24(32)26-20(23(30)31)15-16-9-11-17(12-10-16)33-14-6-13-27-21(28)18-7-4-5-8-19(18)22(27)29/h4-5,7-12,20H,6,13-15H2,1-3H3,(H,26,32)(H,30,31). The number of alkyl carbamates (subject to hydrolysis) is 1. The molecule has 2 N–H and O–H groups in total. The van der Waals surface area contributed by atoms with Gasteiger partial charge < -0.3 is 19.9 Å². The number of carboxylic acid groups (broad SMARTS) is 1. The lowest BCUT2D eigenvalue weighted by Crippen LogP contribution is -2.44. The van der Waals surface area contributed by atoms with E-state index in [0.29, 0.717) is 35.5 Å². The van der Waals surface area contributed by atoms with Crippen LogP contribution < -0.4 is 10.1 Å². The summed E-state index contributed by atoms with van der Waals surface area (Å²) in [5.41, 5.74) is 0.808. The second-order valence-electron chi connectivity index (χ2n) is 8.89. The molecule has 0 spiro atoms. The third-order valence-electron chi connectivity index (χ3n) is 5.03. The summed E-state index contributed by atoms with van der Waals surface area (Å²) in [7, 11) is 0. The van der Waals surface area contributed by atoms with Crippen LogP contribution in [0.4, 0.5) is 4.79 Å². The first kappa shape index (κ1) is 24.8. The van der Waals surface area contributed by atoms with Gasteiger partial charge in [0, 0.05) is 13.0 Å². The summed E-state index contributed by atoms with van der Waals surface area (Å²) in [5.74, 6) is -1.19. The van der Waals surface area contributed by atoms with Gasteiger partial charge in [-0.1, -0.05) is 24.3 Å². The highest BCUT2D eigenvalue weighted by molar-refractivity contribution is 6.21. The maximum atomic E-state index is 12.4. The number of fused-ring (bicyclic) bond motifs is 1. The van der Waals surface area contributed by atoms with Crippen LogP contribution in [0.3, 0.4) is 0 Å². The number of hydrogen-bond acceptors (Lipinski definition) is 6. The highest BCUT2D eigenvalue weighted by atomic mass is 16.6. The summed E-state index contributed by atoms with van der Waals surface area (Å²) >= 11 is 0. The average Bonchev–Trinajstić information content (AvgIpc) is 3.01. The molecule has 1 atom stereocenters. The number of carbonyl (C=O) groups is 4. The zero-order valence-corrected chi connectivity index (χ0v) is 19.4. The van der Waals surface area contributed by atoms with Gasteiger partial charge in [-0.05, 0) is 57.0 Å². The van der Waals surface area contributed by atoms with Crippen LogP contribution in [-0.2, 0) is 16.0 Å². The van der Waals surface area contributed by atoms with Crippen molar-refractivity contribution in [3.05, 3.63) is 65.2 Å². The van der Waals surface area contributed by atoms with Crippen molar-refractivity contribution < 1.29 is 33.8 Å². The Hall–Kier alpha value is -3.88. The molecule has 180 valence electrons. The second kappa shape index (κ2) is 10.4. The van der Waals surface area contributed by atoms with Crippen molar-refractivity contribution in [3.8, 4) is 5.75 Å². The van der Waals surface area contributed by atoms with Crippen LogP contribution >= 0.6 is 0 Å². The molecular weight excluding hydrogens is 440 g/mol. The normalized spacial score (nSPS) is 13.9. The van der Waals surface area contributed by atoms with E-state index in [1.807, 2.05) is 0 Å². The lowest BCUT2D eigenvalue weighted by Gasteiger charge is -2.22. The lowest BCUT2D eigenvalue weighted by molar-refractivity contribution is -0.139. The van der Waals surface area contributed by atoms with Crippen LogP contribution in [-0.4, -0.2) is 58.7 Å². The molecule has 0 aliphatic carbocycles. The average molecular weight is 469 g/mol. The fraction of sp³-hybridized carbons (Fsp3) is 0.360. The zero-order chi connectivity index (χ0) is 24.9. The second-order valence-corrected chi connectivity index (χ2v) is 8.89. The van der Waals surface area contributed by atoms with Crippen molar-refractivity contribution in [2.24, 2.45) is 0 Å².